The summed E-state index contributed by atoms with van der Waals surface area (Å²) in [5.74, 6) is -0.879. The zero-order chi connectivity index (χ0) is 21.5. The Bertz CT molecular complexity index is 866. The van der Waals surface area contributed by atoms with Crippen LogP contribution in [-0.4, -0.2) is 28.8 Å². The molecule has 1 N–H and O–H groups in total. The van der Waals surface area contributed by atoms with Crippen LogP contribution in [0.5, 0.6) is 0 Å². The van der Waals surface area contributed by atoms with Crippen LogP contribution in [0.25, 0.3) is 0 Å². The maximum Gasteiger partial charge on any atom is 0.242 e. The standard InChI is InChI=1S/C24H28ClFN2O2/c1-17(24(30)27-21-8-3-2-4-9-21)28(16-18-11-13-20(25)14-12-18)23(29)15-19-7-5-6-10-22(19)26/h5-7,10-14,17,21H,2-4,8-9,15-16H2,1H3,(H,27,30)/t17-/m1/s1. The van der Waals surface area contributed by atoms with Gasteiger partial charge in [-0.1, -0.05) is 61.2 Å². The summed E-state index contributed by atoms with van der Waals surface area (Å²) in [5, 5.41) is 3.70. The molecular weight excluding hydrogens is 403 g/mol. The van der Waals surface area contributed by atoms with Crippen molar-refractivity contribution in [2.75, 3.05) is 0 Å². The van der Waals surface area contributed by atoms with E-state index in [1.807, 2.05) is 12.1 Å². The average Bonchev–Trinajstić information content (AvgIpc) is 2.75. The minimum Gasteiger partial charge on any atom is -0.352 e. The van der Waals surface area contributed by atoms with E-state index in [4.69, 9.17) is 11.6 Å². The molecular formula is C24H28ClFN2O2. The lowest BCUT2D eigenvalue weighted by Crippen LogP contribution is -2.50. The number of amides is 2. The van der Waals surface area contributed by atoms with Gasteiger partial charge in [-0.05, 0) is 49.1 Å². The van der Waals surface area contributed by atoms with Gasteiger partial charge < -0.3 is 10.2 Å². The molecule has 1 fully saturated rings. The van der Waals surface area contributed by atoms with Gasteiger partial charge in [-0.25, -0.2) is 4.39 Å². The SMILES string of the molecule is C[C@H](C(=O)NC1CCCCC1)N(Cc1ccc(Cl)cc1)C(=O)Cc1ccccc1F. The number of nitrogens with zero attached hydrogens (tertiary/aromatic N) is 1. The lowest BCUT2D eigenvalue weighted by molar-refractivity contribution is -0.140. The summed E-state index contributed by atoms with van der Waals surface area (Å²) >= 11 is 5.97. The van der Waals surface area contributed by atoms with Crippen LogP contribution < -0.4 is 5.32 Å². The summed E-state index contributed by atoms with van der Waals surface area (Å²) < 4.78 is 14.1. The van der Waals surface area contributed by atoms with Crippen LogP contribution in [0.2, 0.25) is 5.02 Å². The van der Waals surface area contributed by atoms with Crippen molar-refractivity contribution in [3.8, 4) is 0 Å². The van der Waals surface area contributed by atoms with E-state index in [1.165, 1.54) is 17.4 Å². The van der Waals surface area contributed by atoms with Gasteiger partial charge in [0.1, 0.15) is 11.9 Å². The predicted molar refractivity (Wildman–Crippen MR) is 117 cm³/mol. The van der Waals surface area contributed by atoms with Gasteiger partial charge in [-0.3, -0.25) is 9.59 Å². The molecule has 0 aliphatic heterocycles. The van der Waals surface area contributed by atoms with Gasteiger partial charge in [-0.15, -0.1) is 0 Å². The van der Waals surface area contributed by atoms with Crippen molar-refractivity contribution in [1.82, 2.24) is 10.2 Å². The fraction of sp³-hybridized carbons (Fsp3) is 0.417. The summed E-state index contributed by atoms with van der Waals surface area (Å²) in [5.41, 5.74) is 1.18. The lowest BCUT2D eigenvalue weighted by Gasteiger charge is -2.31. The molecule has 1 atom stereocenters. The largest absolute Gasteiger partial charge is 0.352 e. The predicted octanol–water partition coefficient (Wildman–Crippen LogP) is 4.89. The molecule has 6 heteroatoms. The smallest absolute Gasteiger partial charge is 0.242 e. The van der Waals surface area contributed by atoms with Crippen molar-refractivity contribution in [3.05, 3.63) is 70.5 Å². The first-order chi connectivity index (χ1) is 14.4. The van der Waals surface area contributed by atoms with Crippen molar-refractivity contribution in [3.63, 3.8) is 0 Å². The first-order valence-corrected chi connectivity index (χ1v) is 10.9. The molecule has 2 aromatic carbocycles. The van der Waals surface area contributed by atoms with E-state index in [-0.39, 0.29) is 30.8 Å². The molecule has 4 nitrogen and oxygen atoms in total. The zero-order valence-corrected chi connectivity index (χ0v) is 18.0. The number of carbonyl (C=O) groups excluding carboxylic acids is 2. The molecule has 0 saturated heterocycles. The number of benzene rings is 2. The first kappa shape index (κ1) is 22.3. The molecule has 1 aliphatic rings. The molecule has 0 aromatic heterocycles. The van der Waals surface area contributed by atoms with E-state index in [2.05, 4.69) is 5.32 Å². The molecule has 1 aliphatic carbocycles. The van der Waals surface area contributed by atoms with Crippen molar-refractivity contribution in [2.45, 2.75) is 64.1 Å². The number of carbonyl (C=O) groups is 2. The second-order valence-corrected chi connectivity index (χ2v) is 8.37. The fourth-order valence-corrected chi connectivity index (χ4v) is 3.97. The van der Waals surface area contributed by atoms with Crippen LogP contribution in [0.15, 0.2) is 48.5 Å². The fourth-order valence-electron chi connectivity index (χ4n) is 3.84. The molecule has 3 rings (SSSR count). The summed E-state index contributed by atoms with van der Waals surface area (Å²) in [6, 6.07) is 12.9. The maximum atomic E-state index is 14.1. The van der Waals surface area contributed by atoms with Gasteiger partial charge in [0.15, 0.2) is 0 Å². The maximum absolute atomic E-state index is 14.1. The van der Waals surface area contributed by atoms with Crippen LogP contribution in [0.4, 0.5) is 4.39 Å². The van der Waals surface area contributed by atoms with Crippen molar-refractivity contribution in [2.24, 2.45) is 0 Å². The Labute approximate surface area is 182 Å². The number of halogens is 2. The normalized spacial score (nSPS) is 15.4. The molecule has 1 saturated carbocycles. The summed E-state index contributed by atoms with van der Waals surface area (Å²) in [7, 11) is 0. The topological polar surface area (TPSA) is 49.4 Å². The van der Waals surface area contributed by atoms with Crippen molar-refractivity contribution in [1.29, 1.82) is 0 Å². The summed E-state index contributed by atoms with van der Waals surface area (Å²) in [6.45, 7) is 1.98. The van der Waals surface area contributed by atoms with Gasteiger partial charge >= 0.3 is 0 Å². The van der Waals surface area contributed by atoms with Crippen LogP contribution >= 0.6 is 11.6 Å². The van der Waals surface area contributed by atoms with Gasteiger partial charge in [0, 0.05) is 17.6 Å². The highest BCUT2D eigenvalue weighted by Gasteiger charge is 2.28. The lowest BCUT2D eigenvalue weighted by atomic mass is 9.95. The Kier molecular flexibility index (Phi) is 7.86. The Hall–Kier alpha value is -2.40. The number of rotatable bonds is 7. The molecule has 160 valence electrons. The molecule has 0 radical (unpaired) electrons. The van der Waals surface area contributed by atoms with Crippen molar-refractivity contribution < 1.29 is 14.0 Å². The molecule has 30 heavy (non-hydrogen) atoms. The van der Waals surface area contributed by atoms with Gasteiger partial charge in [0.2, 0.25) is 11.8 Å². The third-order valence-corrected chi connectivity index (χ3v) is 5.94. The van der Waals surface area contributed by atoms with E-state index in [0.717, 1.165) is 31.2 Å². The van der Waals surface area contributed by atoms with Crippen LogP contribution in [0.3, 0.4) is 0 Å². The Morgan fingerprint density at radius 3 is 2.43 bits per heavy atom. The number of hydrogen-bond acceptors (Lipinski definition) is 2. The van der Waals surface area contributed by atoms with E-state index in [0.29, 0.717) is 10.6 Å². The second-order valence-electron chi connectivity index (χ2n) is 7.94. The first-order valence-electron chi connectivity index (χ1n) is 10.5. The highest BCUT2D eigenvalue weighted by Crippen LogP contribution is 2.19. The Morgan fingerprint density at radius 1 is 1.10 bits per heavy atom. The average molecular weight is 431 g/mol. The molecule has 0 heterocycles. The third-order valence-electron chi connectivity index (χ3n) is 5.68. The van der Waals surface area contributed by atoms with Crippen molar-refractivity contribution >= 4 is 23.4 Å². The highest BCUT2D eigenvalue weighted by atomic mass is 35.5. The summed E-state index contributed by atoms with van der Waals surface area (Å²) in [6.07, 6.45) is 5.27. The van der Waals surface area contributed by atoms with E-state index >= 15 is 0 Å². The second kappa shape index (κ2) is 10.6. The monoisotopic (exact) mass is 430 g/mol. The molecule has 2 aromatic rings. The number of hydrogen-bond donors (Lipinski definition) is 1. The number of nitrogens with one attached hydrogen (secondary N) is 1. The van der Waals surface area contributed by atoms with Crippen LogP contribution in [0.1, 0.15) is 50.2 Å². The van der Waals surface area contributed by atoms with E-state index in [1.54, 1.807) is 37.3 Å². The van der Waals surface area contributed by atoms with Gasteiger partial charge in [0.05, 0.1) is 6.42 Å². The Balaban J connectivity index is 1.76. The third kappa shape index (κ3) is 6.05. The quantitative estimate of drug-likeness (QED) is 0.680. The Morgan fingerprint density at radius 2 is 1.77 bits per heavy atom. The van der Waals surface area contributed by atoms with Gasteiger partial charge in [0.25, 0.3) is 0 Å². The van der Waals surface area contributed by atoms with Gasteiger partial charge in [-0.2, -0.15) is 0 Å². The van der Waals surface area contributed by atoms with E-state index in [9.17, 15) is 14.0 Å². The highest BCUT2D eigenvalue weighted by molar-refractivity contribution is 6.30. The summed E-state index contributed by atoms with van der Waals surface area (Å²) in [4.78, 5) is 27.6. The van der Waals surface area contributed by atoms with E-state index < -0.39 is 11.9 Å². The minimum absolute atomic E-state index is 0.0959. The van der Waals surface area contributed by atoms with Crippen LogP contribution in [0, 0.1) is 5.82 Å². The zero-order valence-electron chi connectivity index (χ0n) is 17.2. The molecule has 0 bridgehead atoms. The minimum atomic E-state index is -0.665. The molecule has 2 amide bonds. The molecule has 0 spiro atoms. The van der Waals surface area contributed by atoms with Crippen LogP contribution in [-0.2, 0) is 22.6 Å². The molecule has 0 unspecified atom stereocenters.